The molecule has 2 aromatic heterocycles. The van der Waals surface area contributed by atoms with Crippen molar-refractivity contribution < 1.29 is 9.53 Å². The standard InChI is InChI=1S/C23H24Cl2N4O3/c1-11-13-3-5-27-20(13)16(22(30)28-11)10-29-6-4-14-17(24)7-15(19(25)18(14)23(29)31)21(32-2)12-8-26-9-12/h3,5,7,12,21,26-27H,4,6,8-10H2,1-2H3,(H,28,30). The minimum atomic E-state index is -0.242. The number of pyridine rings is 1. The number of methoxy groups -OCH3 is 1. The molecule has 0 spiro atoms. The van der Waals surface area contributed by atoms with Crippen molar-refractivity contribution in [3.63, 3.8) is 0 Å². The van der Waals surface area contributed by atoms with Gasteiger partial charge in [-0.3, -0.25) is 9.59 Å². The van der Waals surface area contributed by atoms with Crippen molar-refractivity contribution in [2.75, 3.05) is 26.7 Å². The van der Waals surface area contributed by atoms with Gasteiger partial charge >= 0.3 is 0 Å². The molecule has 2 aliphatic rings. The van der Waals surface area contributed by atoms with Crippen LogP contribution in [0.25, 0.3) is 10.9 Å². The van der Waals surface area contributed by atoms with Crippen molar-refractivity contribution in [2.45, 2.75) is 26.0 Å². The second-order valence-corrected chi connectivity index (χ2v) is 9.28. The van der Waals surface area contributed by atoms with Gasteiger partial charge in [0.05, 0.1) is 34.3 Å². The lowest BCUT2D eigenvalue weighted by Crippen LogP contribution is -2.46. The molecule has 32 heavy (non-hydrogen) atoms. The van der Waals surface area contributed by atoms with E-state index in [1.807, 2.05) is 19.1 Å². The Kier molecular flexibility index (Phi) is 5.53. The monoisotopic (exact) mass is 474 g/mol. The fourth-order valence-corrected chi connectivity index (χ4v) is 5.48. The zero-order chi connectivity index (χ0) is 22.6. The minimum absolute atomic E-state index is 0.184. The number of benzene rings is 1. The first-order valence-electron chi connectivity index (χ1n) is 10.6. The maximum atomic E-state index is 13.6. The lowest BCUT2D eigenvalue weighted by Gasteiger charge is -2.36. The summed E-state index contributed by atoms with van der Waals surface area (Å²) in [6, 6.07) is 3.76. The highest BCUT2D eigenvalue weighted by molar-refractivity contribution is 6.37. The summed E-state index contributed by atoms with van der Waals surface area (Å²) in [7, 11) is 1.64. The van der Waals surface area contributed by atoms with Gasteiger partial charge in [0.2, 0.25) is 0 Å². The zero-order valence-corrected chi connectivity index (χ0v) is 19.4. The van der Waals surface area contributed by atoms with Crippen LogP contribution in [0.15, 0.2) is 23.1 Å². The van der Waals surface area contributed by atoms with E-state index >= 15 is 0 Å². The Labute approximate surface area is 195 Å². The van der Waals surface area contributed by atoms with E-state index in [9.17, 15) is 9.59 Å². The van der Waals surface area contributed by atoms with Gasteiger partial charge in [-0.25, -0.2) is 0 Å². The summed E-state index contributed by atoms with van der Waals surface area (Å²) in [4.78, 5) is 34.0. The van der Waals surface area contributed by atoms with Crippen LogP contribution in [0.4, 0.5) is 0 Å². The SMILES string of the molecule is COC(c1cc(Cl)c2c(c1Cl)C(=O)N(Cc1c(=O)[nH]c(C)c3cc[nH]c13)CC2)C1CNC1. The third kappa shape index (κ3) is 3.35. The highest BCUT2D eigenvalue weighted by atomic mass is 35.5. The quantitative estimate of drug-likeness (QED) is 0.527. The van der Waals surface area contributed by atoms with Crippen molar-refractivity contribution in [1.82, 2.24) is 20.2 Å². The van der Waals surface area contributed by atoms with Crippen molar-refractivity contribution >= 4 is 40.0 Å². The molecule has 1 saturated heterocycles. The number of carbonyl (C=O) groups excluding carboxylic acids is 1. The third-order valence-electron chi connectivity index (χ3n) is 6.66. The first-order chi connectivity index (χ1) is 15.4. The summed E-state index contributed by atoms with van der Waals surface area (Å²) in [6.07, 6.45) is 2.12. The number of carbonyl (C=O) groups is 1. The number of H-pyrrole nitrogens is 2. The topological polar surface area (TPSA) is 90.2 Å². The maximum absolute atomic E-state index is 13.6. The van der Waals surface area contributed by atoms with Crippen LogP contribution in [-0.2, 0) is 17.7 Å². The average Bonchev–Trinajstić information content (AvgIpc) is 3.22. The molecule has 1 atom stereocenters. The van der Waals surface area contributed by atoms with E-state index in [4.69, 9.17) is 27.9 Å². The molecule has 1 aromatic carbocycles. The summed E-state index contributed by atoms with van der Waals surface area (Å²) < 4.78 is 5.73. The maximum Gasteiger partial charge on any atom is 0.256 e. The van der Waals surface area contributed by atoms with Gasteiger partial charge in [-0.05, 0) is 31.0 Å². The van der Waals surface area contributed by atoms with Gasteiger partial charge in [0.25, 0.3) is 11.5 Å². The number of ether oxygens (including phenoxy) is 1. The number of halogens is 2. The number of hydrogen-bond acceptors (Lipinski definition) is 4. The van der Waals surface area contributed by atoms with E-state index < -0.39 is 0 Å². The lowest BCUT2D eigenvalue weighted by atomic mass is 9.87. The summed E-state index contributed by atoms with van der Waals surface area (Å²) in [5.41, 5.74) is 3.78. The lowest BCUT2D eigenvalue weighted by molar-refractivity contribution is 0.0292. The Hall–Kier alpha value is -2.32. The van der Waals surface area contributed by atoms with Crippen molar-refractivity contribution in [2.24, 2.45) is 5.92 Å². The number of rotatable bonds is 5. The normalized spacial score (nSPS) is 17.5. The van der Waals surface area contributed by atoms with Gasteiger partial charge in [-0.2, -0.15) is 0 Å². The molecule has 1 amide bonds. The summed E-state index contributed by atoms with van der Waals surface area (Å²) in [5, 5.41) is 5.09. The first-order valence-corrected chi connectivity index (χ1v) is 11.4. The summed E-state index contributed by atoms with van der Waals surface area (Å²) in [5.74, 6) is 0.0509. The van der Waals surface area contributed by atoms with Crippen LogP contribution in [0.1, 0.15) is 38.8 Å². The van der Waals surface area contributed by atoms with E-state index in [1.165, 1.54) is 0 Å². The van der Waals surface area contributed by atoms with Crippen LogP contribution in [0.5, 0.6) is 0 Å². The van der Waals surface area contributed by atoms with Crippen molar-refractivity contribution in [3.8, 4) is 0 Å². The van der Waals surface area contributed by atoms with Gasteiger partial charge < -0.3 is 24.9 Å². The fourth-order valence-electron chi connectivity index (χ4n) is 4.81. The molecule has 5 rings (SSSR count). The molecule has 3 aromatic rings. The molecule has 168 valence electrons. The summed E-state index contributed by atoms with van der Waals surface area (Å²) in [6.45, 7) is 4.15. The molecule has 3 N–H and O–H groups in total. The number of hydrogen-bond donors (Lipinski definition) is 3. The number of aryl methyl sites for hydroxylation is 1. The Morgan fingerprint density at radius 2 is 2.06 bits per heavy atom. The van der Waals surface area contributed by atoms with Crippen molar-refractivity contribution in [3.05, 3.63) is 66.7 Å². The smallest absolute Gasteiger partial charge is 0.256 e. The van der Waals surface area contributed by atoms with E-state index in [0.717, 1.165) is 40.8 Å². The number of nitrogens with one attached hydrogen (secondary N) is 3. The fraction of sp³-hybridized carbons (Fsp3) is 0.391. The van der Waals surface area contributed by atoms with Gasteiger partial charge in [0.1, 0.15) is 0 Å². The highest BCUT2D eigenvalue weighted by Crippen LogP contribution is 2.41. The minimum Gasteiger partial charge on any atom is -0.376 e. The van der Waals surface area contributed by atoms with Crippen LogP contribution in [0.2, 0.25) is 10.0 Å². The van der Waals surface area contributed by atoms with E-state index in [1.54, 1.807) is 18.2 Å². The zero-order valence-electron chi connectivity index (χ0n) is 17.9. The van der Waals surface area contributed by atoms with E-state index in [2.05, 4.69) is 15.3 Å². The Morgan fingerprint density at radius 3 is 2.75 bits per heavy atom. The highest BCUT2D eigenvalue weighted by Gasteiger charge is 2.35. The number of amides is 1. The molecule has 1 fully saturated rings. The van der Waals surface area contributed by atoms with Crippen LogP contribution < -0.4 is 10.9 Å². The van der Waals surface area contributed by atoms with Crippen molar-refractivity contribution in [1.29, 1.82) is 0 Å². The molecule has 7 nitrogen and oxygen atoms in total. The molecule has 0 bridgehead atoms. The van der Waals surface area contributed by atoms with Gasteiger partial charge in [0, 0.05) is 60.5 Å². The number of aromatic nitrogens is 2. The number of fused-ring (bicyclic) bond motifs is 2. The molecular formula is C23H24Cl2N4O3. The Balaban J connectivity index is 1.54. The van der Waals surface area contributed by atoms with E-state index in [-0.39, 0.29) is 30.0 Å². The van der Waals surface area contributed by atoms with Crippen LogP contribution in [0.3, 0.4) is 0 Å². The molecule has 0 radical (unpaired) electrons. The molecule has 0 aliphatic carbocycles. The second-order valence-electron chi connectivity index (χ2n) is 8.49. The van der Waals surface area contributed by atoms with Gasteiger partial charge in [-0.15, -0.1) is 0 Å². The summed E-state index contributed by atoms with van der Waals surface area (Å²) >= 11 is 13.4. The molecule has 9 heteroatoms. The predicted molar refractivity (Wildman–Crippen MR) is 125 cm³/mol. The van der Waals surface area contributed by atoms with Crippen LogP contribution in [0, 0.1) is 12.8 Å². The Bertz CT molecular complexity index is 1280. The van der Waals surface area contributed by atoms with Gasteiger partial charge in [-0.1, -0.05) is 23.2 Å². The van der Waals surface area contributed by atoms with Crippen LogP contribution >= 0.6 is 23.2 Å². The van der Waals surface area contributed by atoms with Crippen LogP contribution in [-0.4, -0.2) is 47.5 Å². The molecular weight excluding hydrogens is 451 g/mol. The largest absolute Gasteiger partial charge is 0.376 e. The molecule has 1 unspecified atom stereocenters. The number of aromatic amines is 2. The molecule has 4 heterocycles. The average molecular weight is 475 g/mol. The second kappa shape index (κ2) is 8.23. The number of nitrogens with zero attached hydrogens (tertiary/aromatic N) is 1. The van der Waals surface area contributed by atoms with Gasteiger partial charge in [0.15, 0.2) is 0 Å². The molecule has 2 aliphatic heterocycles. The third-order valence-corrected chi connectivity index (χ3v) is 7.40. The van der Waals surface area contributed by atoms with E-state index in [0.29, 0.717) is 34.1 Å². The first kappa shape index (κ1) is 21.5. The molecule has 0 saturated carbocycles. The Morgan fingerprint density at radius 1 is 1.28 bits per heavy atom. The predicted octanol–water partition coefficient (Wildman–Crippen LogP) is 3.58.